The lowest BCUT2D eigenvalue weighted by Crippen LogP contribution is -2.25. The largest absolute Gasteiger partial charge is 0.489 e. The summed E-state index contributed by atoms with van der Waals surface area (Å²) >= 11 is 2.40. The number of ether oxygens (including phenoxy) is 2. The Balaban J connectivity index is 1.52. The van der Waals surface area contributed by atoms with Crippen LogP contribution in [0.25, 0.3) is 0 Å². The van der Waals surface area contributed by atoms with Gasteiger partial charge in [-0.05, 0) is 24.3 Å². The number of carbonyl (C=O) groups is 2. The van der Waals surface area contributed by atoms with Crippen LogP contribution < -0.4 is 9.47 Å². The molecule has 2 heterocycles. The van der Waals surface area contributed by atoms with Crippen molar-refractivity contribution < 1.29 is 19.1 Å². The first-order valence-corrected chi connectivity index (χ1v) is 13.4. The molecule has 0 N–H and O–H groups in total. The van der Waals surface area contributed by atoms with Crippen molar-refractivity contribution in [2.24, 2.45) is 20.4 Å². The summed E-state index contributed by atoms with van der Waals surface area (Å²) in [7, 11) is 0. The van der Waals surface area contributed by atoms with Gasteiger partial charge >= 0.3 is 0 Å². The highest BCUT2D eigenvalue weighted by Gasteiger charge is 2.31. The molecular weight excluding hydrogens is 524 g/mol. The summed E-state index contributed by atoms with van der Waals surface area (Å²) < 4.78 is 11.3. The van der Waals surface area contributed by atoms with Gasteiger partial charge in [0, 0.05) is 11.1 Å². The van der Waals surface area contributed by atoms with Crippen LogP contribution in [0, 0.1) is 0 Å². The number of hydrazone groups is 2. The lowest BCUT2D eigenvalue weighted by Gasteiger charge is -2.11. The van der Waals surface area contributed by atoms with E-state index in [1.54, 1.807) is 24.3 Å². The van der Waals surface area contributed by atoms with Crippen molar-refractivity contribution >= 4 is 58.1 Å². The molecule has 194 valence electrons. The first kappa shape index (κ1) is 26.9. The van der Waals surface area contributed by atoms with Gasteiger partial charge in [-0.15, -0.1) is 10.2 Å². The third kappa shape index (κ3) is 6.78. The maximum Gasteiger partial charge on any atom is 0.259 e. The molecule has 10 nitrogen and oxygen atoms in total. The summed E-state index contributed by atoms with van der Waals surface area (Å²) in [6.45, 7) is 7.99. The summed E-state index contributed by atoms with van der Waals surface area (Å²) in [4.78, 5) is 24.9. The third-order valence-corrected chi connectivity index (χ3v) is 6.69. The van der Waals surface area contributed by atoms with E-state index in [0.29, 0.717) is 35.8 Å². The number of nitrogens with zero attached hydrogens (tertiary/aromatic N) is 6. The van der Waals surface area contributed by atoms with Gasteiger partial charge in [0.1, 0.15) is 24.7 Å². The molecule has 0 bridgehead atoms. The topological polar surface area (TPSA) is 109 Å². The maximum absolute atomic E-state index is 12.4. The zero-order valence-electron chi connectivity index (χ0n) is 20.3. The molecule has 12 heteroatoms. The standard InChI is InChI=1S/C26H24N6O4S2/c1-3-13-35-21-11-7-5-9-19(21)15-27-31-23(33)17-37-25(31)29-30-26-32(24(34)18-38-26)28-16-20-10-6-8-12-22(20)36-14-4-2/h3-12,15-16H,1-2,13-14,17-18H2/b27-15+,28-16+,29-25-,30-26-. The van der Waals surface area contributed by atoms with Crippen molar-refractivity contribution in [3.63, 3.8) is 0 Å². The number of amides is 2. The first-order valence-electron chi connectivity index (χ1n) is 11.4. The van der Waals surface area contributed by atoms with Crippen LogP contribution in [0.5, 0.6) is 11.5 Å². The molecule has 2 saturated heterocycles. The van der Waals surface area contributed by atoms with Gasteiger partial charge in [0.2, 0.25) is 10.3 Å². The van der Waals surface area contributed by atoms with E-state index in [-0.39, 0.29) is 33.7 Å². The number of hydrogen-bond donors (Lipinski definition) is 0. The smallest absolute Gasteiger partial charge is 0.259 e. The van der Waals surface area contributed by atoms with Gasteiger partial charge < -0.3 is 9.47 Å². The summed E-state index contributed by atoms with van der Waals surface area (Å²) in [5.74, 6) is 1.09. The minimum Gasteiger partial charge on any atom is -0.489 e. The van der Waals surface area contributed by atoms with Gasteiger partial charge in [-0.3, -0.25) is 9.59 Å². The molecule has 0 saturated carbocycles. The molecule has 38 heavy (non-hydrogen) atoms. The fourth-order valence-electron chi connectivity index (χ4n) is 3.14. The average Bonchev–Trinajstić information content (AvgIpc) is 3.48. The van der Waals surface area contributed by atoms with Crippen LogP contribution in [0.4, 0.5) is 0 Å². The molecule has 2 aliphatic rings. The molecule has 2 fully saturated rings. The molecule has 0 aliphatic carbocycles. The molecule has 4 rings (SSSR count). The minimum atomic E-state index is -0.240. The molecule has 0 aromatic heterocycles. The lowest BCUT2D eigenvalue weighted by molar-refractivity contribution is -0.124. The van der Waals surface area contributed by atoms with Crippen molar-refractivity contribution in [3.05, 3.63) is 85.0 Å². The maximum atomic E-state index is 12.4. The summed E-state index contributed by atoms with van der Waals surface area (Å²) in [6, 6.07) is 14.6. The number of rotatable bonds is 11. The Hall–Kier alpha value is -4.16. The molecule has 0 atom stereocenters. The van der Waals surface area contributed by atoms with E-state index in [0.717, 1.165) is 0 Å². The van der Waals surface area contributed by atoms with Crippen molar-refractivity contribution in [2.45, 2.75) is 0 Å². The molecule has 2 aromatic rings. The van der Waals surface area contributed by atoms with Gasteiger partial charge in [-0.25, -0.2) is 0 Å². The second kappa shape index (κ2) is 13.4. The molecule has 0 spiro atoms. The molecule has 2 aliphatic heterocycles. The van der Waals surface area contributed by atoms with Crippen molar-refractivity contribution in [1.29, 1.82) is 0 Å². The van der Waals surface area contributed by atoms with Gasteiger partial charge in [0.05, 0.1) is 23.9 Å². The molecule has 0 unspecified atom stereocenters. The number of benzene rings is 2. The monoisotopic (exact) mass is 548 g/mol. The number of carbonyl (C=O) groups excluding carboxylic acids is 2. The van der Waals surface area contributed by atoms with E-state index in [4.69, 9.17) is 9.47 Å². The molecule has 2 amide bonds. The van der Waals surface area contributed by atoms with E-state index in [9.17, 15) is 9.59 Å². The Labute approximate surface area is 228 Å². The zero-order valence-corrected chi connectivity index (χ0v) is 21.9. The highest BCUT2D eigenvalue weighted by Crippen LogP contribution is 2.24. The van der Waals surface area contributed by atoms with Gasteiger partial charge in [-0.1, -0.05) is 73.1 Å². The quantitative estimate of drug-likeness (QED) is 0.239. The lowest BCUT2D eigenvalue weighted by atomic mass is 10.2. The highest BCUT2D eigenvalue weighted by molar-refractivity contribution is 8.15. The van der Waals surface area contributed by atoms with Gasteiger partial charge in [0.15, 0.2) is 0 Å². The van der Waals surface area contributed by atoms with Crippen LogP contribution in [0.1, 0.15) is 11.1 Å². The number of thioether (sulfide) groups is 2. The zero-order chi connectivity index (χ0) is 26.7. The van der Waals surface area contributed by atoms with Crippen molar-refractivity contribution in [2.75, 3.05) is 24.7 Å². The van der Waals surface area contributed by atoms with Crippen LogP contribution in [0.3, 0.4) is 0 Å². The van der Waals surface area contributed by atoms with Gasteiger partial charge in [0.25, 0.3) is 11.8 Å². The number of amidine groups is 2. The minimum absolute atomic E-state index is 0.172. The SMILES string of the molecule is C=CCOc1ccccc1/C=N/N1C(=O)CS/C1=N\N=C1/SCC(=O)N1/N=C/c1ccccc1OCC=C. The number of hydrogen-bond acceptors (Lipinski definition) is 10. The molecular formula is C26H24N6O4S2. The van der Waals surface area contributed by atoms with Crippen LogP contribution in [-0.2, 0) is 9.59 Å². The van der Waals surface area contributed by atoms with Crippen LogP contribution in [0.2, 0.25) is 0 Å². The Morgan fingerprint density at radius 2 is 1.16 bits per heavy atom. The highest BCUT2D eigenvalue weighted by atomic mass is 32.2. The Kier molecular flexibility index (Phi) is 9.48. The summed E-state index contributed by atoms with van der Waals surface area (Å²) in [6.07, 6.45) is 6.35. The normalized spacial score (nSPS) is 17.9. The molecule has 0 radical (unpaired) electrons. The second-order valence-electron chi connectivity index (χ2n) is 7.52. The summed E-state index contributed by atoms with van der Waals surface area (Å²) in [5, 5.41) is 20.0. The Bertz CT molecular complexity index is 1240. The summed E-state index contributed by atoms with van der Waals surface area (Å²) in [5.41, 5.74) is 1.39. The fourth-order valence-corrected chi connectivity index (χ4v) is 4.63. The number of para-hydroxylation sites is 2. The van der Waals surface area contributed by atoms with E-state index in [1.807, 2.05) is 36.4 Å². The predicted molar refractivity (Wildman–Crippen MR) is 153 cm³/mol. The Morgan fingerprint density at radius 3 is 1.58 bits per heavy atom. The van der Waals surface area contributed by atoms with E-state index < -0.39 is 0 Å². The third-order valence-electron chi connectivity index (χ3n) is 4.88. The Morgan fingerprint density at radius 1 is 0.737 bits per heavy atom. The van der Waals surface area contributed by atoms with Crippen molar-refractivity contribution in [3.8, 4) is 11.5 Å². The van der Waals surface area contributed by atoms with Crippen LogP contribution in [0.15, 0.2) is 94.2 Å². The second-order valence-corrected chi connectivity index (χ2v) is 9.40. The average molecular weight is 549 g/mol. The van der Waals surface area contributed by atoms with Crippen molar-refractivity contribution in [1.82, 2.24) is 10.0 Å². The van der Waals surface area contributed by atoms with E-state index in [1.165, 1.54) is 46.0 Å². The van der Waals surface area contributed by atoms with E-state index in [2.05, 4.69) is 33.6 Å². The fraction of sp³-hybridized carbons (Fsp3) is 0.154. The first-order chi connectivity index (χ1) is 18.6. The van der Waals surface area contributed by atoms with Crippen LogP contribution in [-0.4, -0.2) is 69.3 Å². The van der Waals surface area contributed by atoms with Crippen LogP contribution >= 0.6 is 23.5 Å². The van der Waals surface area contributed by atoms with Gasteiger partial charge in [-0.2, -0.15) is 20.2 Å². The predicted octanol–water partition coefficient (Wildman–Crippen LogP) is 3.96. The molecule has 2 aromatic carbocycles. The van der Waals surface area contributed by atoms with E-state index >= 15 is 0 Å².